The molecule has 3 nitrogen and oxygen atoms in total. The maximum absolute atomic E-state index is 7.65. The smallest absolute Gasteiger partial charge is 0.143 e. The first-order valence-corrected chi connectivity index (χ1v) is 4.65. The minimum absolute atomic E-state index is 0.181. The van der Waals surface area contributed by atoms with Crippen molar-refractivity contribution >= 4 is 0 Å². The molecule has 0 aromatic carbocycles. The van der Waals surface area contributed by atoms with E-state index >= 15 is 0 Å². The fraction of sp³-hybridized carbons (Fsp3) is 1.00. The van der Waals surface area contributed by atoms with Gasteiger partial charge in [-0.05, 0) is 31.8 Å². The third kappa shape index (κ3) is 6.58. The quantitative estimate of drug-likeness (QED) is 0.615. The Balaban J connectivity index is 0.000000261. The summed E-state index contributed by atoms with van der Waals surface area (Å²) in [6.07, 6.45) is 4.18. The monoisotopic (exact) mass is 175 g/mol. The van der Waals surface area contributed by atoms with Crippen LogP contribution in [-0.4, -0.2) is 32.1 Å². The van der Waals surface area contributed by atoms with E-state index in [2.05, 4.69) is 17.0 Å². The summed E-state index contributed by atoms with van der Waals surface area (Å²) in [5.74, 6) is 1.02. The largest absolute Gasteiger partial charge is 0.371 e. The summed E-state index contributed by atoms with van der Waals surface area (Å²) in [6, 6.07) is 0. The zero-order valence-corrected chi connectivity index (χ0v) is 8.18. The number of aliphatic hydroxyl groups excluding tert-OH is 1. The van der Waals surface area contributed by atoms with Crippen LogP contribution in [0.15, 0.2) is 0 Å². The van der Waals surface area contributed by atoms with Gasteiger partial charge in [-0.1, -0.05) is 13.3 Å². The molecule has 0 spiro atoms. The van der Waals surface area contributed by atoms with Crippen LogP contribution in [0, 0.1) is 5.92 Å². The van der Waals surface area contributed by atoms with Crippen molar-refractivity contribution in [3.05, 3.63) is 0 Å². The molecule has 0 unspecified atom stereocenters. The SMILES string of the molecule is CCC1CCNCC1.COCO. The molecule has 74 valence electrons. The maximum atomic E-state index is 7.65. The molecule has 12 heavy (non-hydrogen) atoms. The lowest BCUT2D eigenvalue weighted by Gasteiger charge is -2.20. The van der Waals surface area contributed by atoms with Crippen LogP contribution < -0.4 is 5.32 Å². The molecular formula is C9H21NO2. The van der Waals surface area contributed by atoms with Gasteiger partial charge < -0.3 is 15.2 Å². The number of nitrogens with one attached hydrogen (secondary N) is 1. The predicted octanol–water partition coefficient (Wildman–Crippen LogP) is 0.979. The number of piperidine rings is 1. The van der Waals surface area contributed by atoms with E-state index < -0.39 is 0 Å². The third-order valence-corrected chi connectivity index (χ3v) is 2.17. The standard InChI is InChI=1S/C7H15N.C2H6O2/c1-2-7-3-5-8-6-4-7;1-4-2-3/h7-8H,2-6H2,1H3;3H,2H2,1H3. The second-order valence-electron chi connectivity index (χ2n) is 3.02. The molecule has 1 heterocycles. The molecule has 0 amide bonds. The highest BCUT2D eigenvalue weighted by Gasteiger charge is 2.08. The average molecular weight is 175 g/mol. The topological polar surface area (TPSA) is 41.5 Å². The van der Waals surface area contributed by atoms with E-state index in [0.29, 0.717) is 0 Å². The fourth-order valence-corrected chi connectivity index (χ4v) is 1.29. The highest BCUT2D eigenvalue weighted by molar-refractivity contribution is 4.66. The molecule has 0 bridgehead atoms. The molecular weight excluding hydrogens is 154 g/mol. The molecule has 1 fully saturated rings. The van der Waals surface area contributed by atoms with E-state index in [4.69, 9.17) is 5.11 Å². The number of hydrogen-bond donors (Lipinski definition) is 2. The molecule has 0 atom stereocenters. The van der Waals surface area contributed by atoms with Gasteiger partial charge in [-0.3, -0.25) is 0 Å². The van der Waals surface area contributed by atoms with Gasteiger partial charge in [0.1, 0.15) is 6.79 Å². The number of methoxy groups -OCH3 is 1. The second-order valence-corrected chi connectivity index (χ2v) is 3.02. The molecule has 2 N–H and O–H groups in total. The average Bonchev–Trinajstić information content (AvgIpc) is 2.19. The van der Waals surface area contributed by atoms with Crippen LogP contribution in [0.1, 0.15) is 26.2 Å². The molecule has 1 aliphatic rings. The van der Waals surface area contributed by atoms with Crippen molar-refractivity contribution in [1.82, 2.24) is 5.32 Å². The Hall–Kier alpha value is -0.120. The van der Waals surface area contributed by atoms with E-state index in [1.165, 1.54) is 39.5 Å². The van der Waals surface area contributed by atoms with Crippen molar-refractivity contribution in [2.45, 2.75) is 26.2 Å². The van der Waals surface area contributed by atoms with Crippen LogP contribution in [-0.2, 0) is 4.74 Å². The highest BCUT2D eigenvalue weighted by atomic mass is 16.6. The molecule has 0 radical (unpaired) electrons. The molecule has 0 aromatic heterocycles. The van der Waals surface area contributed by atoms with Crippen LogP contribution in [0.4, 0.5) is 0 Å². The van der Waals surface area contributed by atoms with E-state index in [1.54, 1.807) is 0 Å². The summed E-state index contributed by atoms with van der Waals surface area (Å²) in [6.45, 7) is 4.60. The van der Waals surface area contributed by atoms with Crippen molar-refractivity contribution in [1.29, 1.82) is 0 Å². The lowest BCUT2D eigenvalue weighted by molar-refractivity contribution is 0.0325. The van der Waals surface area contributed by atoms with E-state index in [0.717, 1.165) is 5.92 Å². The lowest BCUT2D eigenvalue weighted by atomic mass is 9.96. The molecule has 3 heteroatoms. The fourth-order valence-electron chi connectivity index (χ4n) is 1.29. The summed E-state index contributed by atoms with van der Waals surface area (Å²) in [7, 11) is 1.43. The van der Waals surface area contributed by atoms with Gasteiger partial charge in [0.15, 0.2) is 0 Å². The number of ether oxygens (including phenoxy) is 1. The number of rotatable bonds is 2. The Kier molecular flexibility index (Phi) is 8.88. The van der Waals surface area contributed by atoms with Crippen LogP contribution in [0.2, 0.25) is 0 Å². The minimum Gasteiger partial charge on any atom is -0.371 e. The molecule has 0 aromatic rings. The predicted molar refractivity (Wildman–Crippen MR) is 50.0 cm³/mol. The van der Waals surface area contributed by atoms with E-state index in [9.17, 15) is 0 Å². The number of hydrogen-bond acceptors (Lipinski definition) is 3. The normalized spacial score (nSPS) is 18.2. The van der Waals surface area contributed by atoms with Crippen LogP contribution >= 0.6 is 0 Å². The lowest BCUT2D eigenvalue weighted by Crippen LogP contribution is -2.27. The summed E-state index contributed by atoms with van der Waals surface area (Å²) in [5.41, 5.74) is 0. The Morgan fingerprint density at radius 1 is 1.42 bits per heavy atom. The summed E-state index contributed by atoms with van der Waals surface area (Å²) < 4.78 is 4.10. The van der Waals surface area contributed by atoms with Crippen LogP contribution in [0.25, 0.3) is 0 Å². The first-order chi connectivity index (χ1) is 5.85. The number of aliphatic hydroxyl groups is 1. The van der Waals surface area contributed by atoms with Crippen LogP contribution in [0.5, 0.6) is 0 Å². The molecule has 0 aliphatic carbocycles. The third-order valence-electron chi connectivity index (χ3n) is 2.17. The van der Waals surface area contributed by atoms with Crippen molar-refractivity contribution in [3.8, 4) is 0 Å². The molecule has 0 saturated carbocycles. The first kappa shape index (κ1) is 11.9. The van der Waals surface area contributed by atoms with E-state index in [1.807, 2.05) is 0 Å². The minimum atomic E-state index is -0.181. The van der Waals surface area contributed by atoms with Gasteiger partial charge in [0.25, 0.3) is 0 Å². The van der Waals surface area contributed by atoms with E-state index in [-0.39, 0.29) is 6.79 Å². The molecule has 1 saturated heterocycles. The molecule has 1 rings (SSSR count). The maximum Gasteiger partial charge on any atom is 0.143 e. The Bertz CT molecular complexity index is 80.6. The Morgan fingerprint density at radius 2 is 1.92 bits per heavy atom. The van der Waals surface area contributed by atoms with Gasteiger partial charge in [0.2, 0.25) is 0 Å². The van der Waals surface area contributed by atoms with Gasteiger partial charge in [0, 0.05) is 7.11 Å². The summed E-state index contributed by atoms with van der Waals surface area (Å²) in [5, 5.41) is 11.0. The van der Waals surface area contributed by atoms with Gasteiger partial charge in [-0.25, -0.2) is 0 Å². The first-order valence-electron chi connectivity index (χ1n) is 4.65. The second kappa shape index (κ2) is 8.97. The van der Waals surface area contributed by atoms with Crippen LogP contribution in [0.3, 0.4) is 0 Å². The molecule has 1 aliphatic heterocycles. The highest BCUT2D eigenvalue weighted by Crippen LogP contribution is 2.13. The van der Waals surface area contributed by atoms with Crippen molar-refractivity contribution in [2.24, 2.45) is 5.92 Å². The van der Waals surface area contributed by atoms with Crippen molar-refractivity contribution < 1.29 is 9.84 Å². The Morgan fingerprint density at radius 3 is 2.17 bits per heavy atom. The van der Waals surface area contributed by atoms with Crippen molar-refractivity contribution in [3.63, 3.8) is 0 Å². The zero-order chi connectivity index (χ0) is 9.23. The van der Waals surface area contributed by atoms with Gasteiger partial charge in [-0.2, -0.15) is 0 Å². The van der Waals surface area contributed by atoms with Gasteiger partial charge >= 0.3 is 0 Å². The van der Waals surface area contributed by atoms with Gasteiger partial charge in [-0.15, -0.1) is 0 Å². The summed E-state index contributed by atoms with van der Waals surface area (Å²) >= 11 is 0. The zero-order valence-electron chi connectivity index (χ0n) is 8.18. The summed E-state index contributed by atoms with van der Waals surface area (Å²) in [4.78, 5) is 0. The Labute approximate surface area is 75.1 Å². The van der Waals surface area contributed by atoms with Crippen molar-refractivity contribution in [2.75, 3.05) is 27.0 Å². The van der Waals surface area contributed by atoms with Gasteiger partial charge in [0.05, 0.1) is 0 Å².